The van der Waals surface area contributed by atoms with Crippen molar-refractivity contribution in [3.05, 3.63) is 107 Å². The zero-order chi connectivity index (χ0) is 21.8. The molecule has 1 saturated heterocycles. The van der Waals surface area contributed by atoms with Gasteiger partial charge in [-0.1, -0.05) is 36.4 Å². The minimum absolute atomic E-state index is 0.00590. The number of amides is 1. The van der Waals surface area contributed by atoms with Gasteiger partial charge in [0.15, 0.2) is 0 Å². The molecular weight excluding hydrogens is 401 g/mol. The maximum absolute atomic E-state index is 13.5. The Labute approximate surface area is 179 Å². The lowest BCUT2D eigenvalue weighted by molar-refractivity contribution is -0.132. The monoisotopic (exact) mass is 424 g/mol. The lowest BCUT2D eigenvalue weighted by Gasteiger charge is -2.40. The highest BCUT2D eigenvalue weighted by atomic mass is 19.1. The van der Waals surface area contributed by atoms with Crippen LogP contribution >= 0.6 is 0 Å². The largest absolute Gasteiger partial charge is 0.340 e. The van der Waals surface area contributed by atoms with Crippen molar-refractivity contribution < 1.29 is 18.0 Å². The van der Waals surface area contributed by atoms with Crippen LogP contribution in [-0.2, 0) is 11.2 Å². The van der Waals surface area contributed by atoms with E-state index >= 15 is 0 Å². The Morgan fingerprint density at radius 2 is 1.10 bits per heavy atom. The van der Waals surface area contributed by atoms with Crippen molar-refractivity contribution >= 4 is 5.91 Å². The van der Waals surface area contributed by atoms with Crippen molar-refractivity contribution in [3.63, 3.8) is 0 Å². The molecule has 4 rings (SSSR count). The molecule has 3 aromatic carbocycles. The molecule has 0 radical (unpaired) electrons. The number of benzene rings is 3. The van der Waals surface area contributed by atoms with E-state index in [9.17, 15) is 18.0 Å². The highest BCUT2D eigenvalue weighted by Crippen LogP contribution is 2.30. The molecule has 3 nitrogen and oxygen atoms in total. The molecule has 31 heavy (non-hydrogen) atoms. The van der Waals surface area contributed by atoms with Gasteiger partial charge in [-0.3, -0.25) is 9.69 Å². The summed E-state index contributed by atoms with van der Waals surface area (Å²) in [6, 6.07) is 18.5. The molecule has 0 atom stereocenters. The second-order valence-electron chi connectivity index (χ2n) is 7.73. The van der Waals surface area contributed by atoms with Crippen molar-refractivity contribution in [3.8, 4) is 0 Å². The number of halogens is 3. The molecule has 1 amide bonds. The van der Waals surface area contributed by atoms with Crippen LogP contribution in [0.15, 0.2) is 72.8 Å². The van der Waals surface area contributed by atoms with E-state index in [1.54, 1.807) is 36.4 Å². The Kier molecular flexibility index (Phi) is 6.37. The summed E-state index contributed by atoms with van der Waals surface area (Å²) >= 11 is 0. The summed E-state index contributed by atoms with van der Waals surface area (Å²) in [6.45, 7) is 2.38. The Morgan fingerprint density at radius 1 is 0.677 bits per heavy atom. The van der Waals surface area contributed by atoms with Crippen molar-refractivity contribution in [2.24, 2.45) is 0 Å². The van der Waals surface area contributed by atoms with Gasteiger partial charge < -0.3 is 4.90 Å². The number of piperazine rings is 1. The molecule has 0 aromatic heterocycles. The molecule has 0 saturated carbocycles. The van der Waals surface area contributed by atoms with Crippen molar-refractivity contribution in [2.45, 2.75) is 12.5 Å². The minimum atomic E-state index is -0.322. The van der Waals surface area contributed by atoms with Gasteiger partial charge in [-0.25, -0.2) is 13.2 Å². The topological polar surface area (TPSA) is 23.6 Å². The molecule has 1 aliphatic heterocycles. The maximum atomic E-state index is 13.5. The van der Waals surface area contributed by atoms with Gasteiger partial charge in [0.2, 0.25) is 5.91 Å². The summed E-state index contributed by atoms with van der Waals surface area (Å²) in [6.07, 6.45) is 0.236. The number of hydrogen-bond acceptors (Lipinski definition) is 2. The van der Waals surface area contributed by atoms with Crippen LogP contribution in [0.3, 0.4) is 0 Å². The first-order valence-corrected chi connectivity index (χ1v) is 10.3. The molecular formula is C25H23F3N2O. The van der Waals surface area contributed by atoms with Gasteiger partial charge >= 0.3 is 0 Å². The van der Waals surface area contributed by atoms with Crippen LogP contribution in [0.2, 0.25) is 0 Å². The first kappa shape index (κ1) is 21.1. The van der Waals surface area contributed by atoms with Crippen LogP contribution < -0.4 is 0 Å². The van der Waals surface area contributed by atoms with E-state index in [2.05, 4.69) is 4.90 Å². The van der Waals surface area contributed by atoms with Crippen LogP contribution in [0.25, 0.3) is 0 Å². The van der Waals surface area contributed by atoms with Gasteiger partial charge in [0.1, 0.15) is 17.5 Å². The van der Waals surface area contributed by atoms with Crippen LogP contribution in [0, 0.1) is 17.5 Å². The predicted molar refractivity (Wildman–Crippen MR) is 113 cm³/mol. The van der Waals surface area contributed by atoms with Crippen LogP contribution in [-0.4, -0.2) is 41.9 Å². The third-order valence-electron chi connectivity index (χ3n) is 5.67. The highest BCUT2D eigenvalue weighted by molar-refractivity contribution is 5.78. The van der Waals surface area contributed by atoms with E-state index in [1.165, 1.54) is 36.4 Å². The Hall–Kier alpha value is -3.12. The average Bonchev–Trinajstić information content (AvgIpc) is 2.78. The van der Waals surface area contributed by atoms with Crippen molar-refractivity contribution in [2.75, 3.05) is 26.2 Å². The molecule has 1 aliphatic rings. The van der Waals surface area contributed by atoms with Crippen LogP contribution in [0.5, 0.6) is 0 Å². The number of carbonyl (C=O) groups excluding carboxylic acids is 1. The molecule has 0 aliphatic carbocycles. The zero-order valence-corrected chi connectivity index (χ0v) is 17.0. The standard InChI is InChI=1S/C25H23F3N2O/c26-21-7-1-18(2-8-21)17-24(31)29-13-15-30(16-14-29)25(19-3-9-22(27)10-4-19)20-5-11-23(28)12-6-20/h1-12,25H,13-17H2. The summed E-state index contributed by atoms with van der Waals surface area (Å²) < 4.78 is 40.0. The molecule has 1 fully saturated rings. The van der Waals surface area contributed by atoms with Gasteiger partial charge in [0.25, 0.3) is 0 Å². The lowest BCUT2D eigenvalue weighted by atomic mass is 9.96. The third kappa shape index (κ3) is 5.14. The van der Waals surface area contributed by atoms with Gasteiger partial charge in [0, 0.05) is 26.2 Å². The van der Waals surface area contributed by atoms with E-state index in [4.69, 9.17) is 0 Å². The van der Waals surface area contributed by atoms with Gasteiger partial charge in [-0.2, -0.15) is 0 Å². The van der Waals surface area contributed by atoms with E-state index < -0.39 is 0 Å². The van der Waals surface area contributed by atoms with E-state index in [0.29, 0.717) is 26.2 Å². The van der Waals surface area contributed by atoms with Crippen LogP contribution in [0.1, 0.15) is 22.7 Å². The summed E-state index contributed by atoms with van der Waals surface area (Å²) in [5.74, 6) is -0.931. The Balaban J connectivity index is 1.47. The molecule has 0 spiro atoms. The second kappa shape index (κ2) is 9.35. The minimum Gasteiger partial charge on any atom is -0.340 e. The van der Waals surface area contributed by atoms with E-state index in [1.807, 2.05) is 4.90 Å². The first-order valence-electron chi connectivity index (χ1n) is 10.3. The Morgan fingerprint density at radius 3 is 1.55 bits per heavy atom. The molecule has 1 heterocycles. The number of hydrogen-bond donors (Lipinski definition) is 0. The molecule has 0 N–H and O–H groups in total. The predicted octanol–water partition coefficient (Wildman–Crippen LogP) is 4.58. The number of rotatable bonds is 5. The summed E-state index contributed by atoms with van der Waals surface area (Å²) in [4.78, 5) is 16.7. The SMILES string of the molecule is O=C(Cc1ccc(F)cc1)N1CCN(C(c2ccc(F)cc2)c2ccc(F)cc2)CC1. The fourth-order valence-electron chi connectivity index (χ4n) is 4.02. The number of carbonyl (C=O) groups is 1. The summed E-state index contributed by atoms with van der Waals surface area (Å²) in [5, 5.41) is 0. The second-order valence-corrected chi connectivity index (χ2v) is 7.73. The van der Waals surface area contributed by atoms with Crippen molar-refractivity contribution in [1.29, 1.82) is 0 Å². The highest BCUT2D eigenvalue weighted by Gasteiger charge is 2.28. The Bertz CT molecular complexity index is 967. The van der Waals surface area contributed by atoms with Crippen molar-refractivity contribution in [1.82, 2.24) is 9.80 Å². The quantitative estimate of drug-likeness (QED) is 0.599. The summed E-state index contributed by atoms with van der Waals surface area (Å²) in [5.41, 5.74) is 2.61. The zero-order valence-electron chi connectivity index (χ0n) is 17.0. The molecule has 160 valence electrons. The van der Waals surface area contributed by atoms with Gasteiger partial charge in [-0.05, 0) is 53.1 Å². The maximum Gasteiger partial charge on any atom is 0.227 e. The third-order valence-corrected chi connectivity index (χ3v) is 5.67. The van der Waals surface area contributed by atoms with E-state index in [0.717, 1.165) is 16.7 Å². The molecule has 6 heteroatoms. The van der Waals surface area contributed by atoms with E-state index in [-0.39, 0.29) is 35.8 Å². The molecule has 0 bridgehead atoms. The summed E-state index contributed by atoms with van der Waals surface area (Å²) in [7, 11) is 0. The lowest BCUT2D eigenvalue weighted by Crippen LogP contribution is -2.50. The average molecular weight is 424 g/mol. The fraction of sp³-hybridized carbons (Fsp3) is 0.240. The molecule has 0 unspecified atom stereocenters. The number of nitrogens with zero attached hydrogens (tertiary/aromatic N) is 2. The fourth-order valence-corrected chi connectivity index (χ4v) is 4.02. The van der Waals surface area contributed by atoms with Gasteiger partial charge in [-0.15, -0.1) is 0 Å². The smallest absolute Gasteiger partial charge is 0.227 e. The molecule has 3 aromatic rings. The van der Waals surface area contributed by atoms with Gasteiger partial charge in [0.05, 0.1) is 12.5 Å². The normalized spacial score (nSPS) is 14.8. The first-order chi connectivity index (χ1) is 15.0. The van der Waals surface area contributed by atoms with Crippen LogP contribution in [0.4, 0.5) is 13.2 Å².